The number of carbonyl (C=O) groups is 1. The molecule has 3 heteroatoms. The van der Waals surface area contributed by atoms with E-state index in [2.05, 4.69) is 10.3 Å². The molecule has 2 heterocycles. The van der Waals surface area contributed by atoms with Gasteiger partial charge in [-0.15, -0.1) is 0 Å². The summed E-state index contributed by atoms with van der Waals surface area (Å²) in [6.07, 6.45) is 6.33. The van der Waals surface area contributed by atoms with E-state index < -0.39 is 0 Å². The second-order valence-corrected chi connectivity index (χ2v) is 4.51. The van der Waals surface area contributed by atoms with Crippen molar-refractivity contribution < 1.29 is 4.79 Å². The first-order chi connectivity index (χ1) is 7.77. The quantitative estimate of drug-likeness (QED) is 0.789. The van der Waals surface area contributed by atoms with Gasteiger partial charge in [0.05, 0.1) is 0 Å². The molecule has 1 fully saturated rings. The molecule has 1 N–H and O–H groups in total. The van der Waals surface area contributed by atoms with Crippen molar-refractivity contribution in [3.05, 3.63) is 29.6 Å². The molecule has 0 aromatic carbocycles. The average molecular weight is 218 g/mol. The van der Waals surface area contributed by atoms with Gasteiger partial charge < -0.3 is 5.32 Å². The van der Waals surface area contributed by atoms with Crippen LogP contribution >= 0.6 is 0 Å². The molecule has 2 rings (SSSR count). The zero-order chi connectivity index (χ0) is 11.4. The standard InChI is InChI=1S/C13H18N2O/c1-10-2-5-15-9-12(10)13(16)8-11-3-6-14-7-4-11/h2,5,9,11,14H,3-4,6-8H2,1H3. The van der Waals surface area contributed by atoms with Crippen molar-refractivity contribution >= 4 is 5.78 Å². The van der Waals surface area contributed by atoms with Gasteiger partial charge >= 0.3 is 0 Å². The van der Waals surface area contributed by atoms with Gasteiger partial charge in [-0.05, 0) is 50.4 Å². The van der Waals surface area contributed by atoms with Gasteiger partial charge in [0.2, 0.25) is 0 Å². The van der Waals surface area contributed by atoms with Gasteiger partial charge in [0, 0.05) is 24.4 Å². The Labute approximate surface area is 96.3 Å². The van der Waals surface area contributed by atoms with E-state index in [1.165, 1.54) is 0 Å². The number of pyridine rings is 1. The molecule has 0 amide bonds. The lowest BCUT2D eigenvalue weighted by Gasteiger charge is -2.21. The van der Waals surface area contributed by atoms with Crippen LogP contribution in [0.4, 0.5) is 0 Å². The molecular weight excluding hydrogens is 200 g/mol. The van der Waals surface area contributed by atoms with E-state index in [-0.39, 0.29) is 5.78 Å². The minimum Gasteiger partial charge on any atom is -0.317 e. The fraction of sp³-hybridized carbons (Fsp3) is 0.538. The van der Waals surface area contributed by atoms with Crippen LogP contribution in [-0.4, -0.2) is 23.9 Å². The number of aryl methyl sites for hydroxylation is 1. The van der Waals surface area contributed by atoms with E-state index in [0.717, 1.165) is 37.1 Å². The van der Waals surface area contributed by atoms with Crippen LogP contribution in [0.25, 0.3) is 0 Å². The summed E-state index contributed by atoms with van der Waals surface area (Å²) in [4.78, 5) is 16.1. The number of piperidine rings is 1. The van der Waals surface area contributed by atoms with E-state index in [1.54, 1.807) is 12.4 Å². The summed E-state index contributed by atoms with van der Waals surface area (Å²) in [5, 5.41) is 3.32. The van der Waals surface area contributed by atoms with Crippen molar-refractivity contribution in [1.82, 2.24) is 10.3 Å². The Morgan fingerprint density at radius 2 is 2.25 bits per heavy atom. The van der Waals surface area contributed by atoms with Gasteiger partial charge in [-0.2, -0.15) is 0 Å². The highest BCUT2D eigenvalue weighted by molar-refractivity contribution is 5.97. The van der Waals surface area contributed by atoms with Gasteiger partial charge in [-0.3, -0.25) is 9.78 Å². The molecule has 3 nitrogen and oxygen atoms in total. The summed E-state index contributed by atoms with van der Waals surface area (Å²) in [7, 11) is 0. The fourth-order valence-electron chi connectivity index (χ4n) is 2.21. The van der Waals surface area contributed by atoms with Crippen molar-refractivity contribution in [1.29, 1.82) is 0 Å². The number of hydrogen-bond donors (Lipinski definition) is 1. The summed E-state index contributed by atoms with van der Waals surface area (Å²) in [6, 6.07) is 1.90. The predicted molar refractivity (Wildman–Crippen MR) is 63.5 cm³/mol. The van der Waals surface area contributed by atoms with Gasteiger partial charge in [-0.25, -0.2) is 0 Å². The number of Topliss-reactive ketones (excluding diaryl/α,β-unsaturated/α-hetero) is 1. The molecular formula is C13H18N2O. The smallest absolute Gasteiger partial charge is 0.164 e. The second-order valence-electron chi connectivity index (χ2n) is 4.51. The lowest BCUT2D eigenvalue weighted by molar-refractivity contribution is 0.0951. The Morgan fingerprint density at radius 3 is 2.94 bits per heavy atom. The molecule has 1 aliphatic heterocycles. The zero-order valence-corrected chi connectivity index (χ0v) is 9.70. The first kappa shape index (κ1) is 11.3. The maximum Gasteiger partial charge on any atom is 0.164 e. The number of carbonyl (C=O) groups excluding carboxylic acids is 1. The van der Waals surface area contributed by atoms with Crippen LogP contribution in [0.5, 0.6) is 0 Å². The van der Waals surface area contributed by atoms with Crippen LogP contribution in [0.2, 0.25) is 0 Å². The van der Waals surface area contributed by atoms with Crippen LogP contribution in [0.3, 0.4) is 0 Å². The number of nitrogens with zero attached hydrogens (tertiary/aromatic N) is 1. The summed E-state index contributed by atoms with van der Waals surface area (Å²) < 4.78 is 0. The molecule has 0 atom stereocenters. The third kappa shape index (κ3) is 2.67. The normalized spacial score (nSPS) is 17.3. The van der Waals surface area contributed by atoms with E-state index in [9.17, 15) is 4.79 Å². The largest absolute Gasteiger partial charge is 0.317 e. The van der Waals surface area contributed by atoms with E-state index >= 15 is 0 Å². The number of nitrogens with one attached hydrogen (secondary N) is 1. The second kappa shape index (κ2) is 5.21. The topological polar surface area (TPSA) is 42.0 Å². The Bertz CT molecular complexity index is 370. The molecule has 0 spiro atoms. The van der Waals surface area contributed by atoms with Crippen molar-refractivity contribution in [3.8, 4) is 0 Å². The third-order valence-electron chi connectivity index (χ3n) is 3.27. The molecule has 1 aliphatic rings. The molecule has 0 unspecified atom stereocenters. The van der Waals surface area contributed by atoms with Crippen molar-refractivity contribution in [2.24, 2.45) is 5.92 Å². The highest BCUT2D eigenvalue weighted by Gasteiger charge is 2.18. The molecule has 86 valence electrons. The minimum absolute atomic E-state index is 0.248. The number of rotatable bonds is 3. The minimum atomic E-state index is 0.248. The zero-order valence-electron chi connectivity index (χ0n) is 9.70. The summed E-state index contributed by atoms with van der Waals surface area (Å²) in [5.41, 5.74) is 1.83. The van der Waals surface area contributed by atoms with Crippen molar-refractivity contribution in [3.63, 3.8) is 0 Å². The first-order valence-electron chi connectivity index (χ1n) is 5.92. The summed E-state index contributed by atoms with van der Waals surface area (Å²) in [6.45, 7) is 4.06. The van der Waals surface area contributed by atoms with Crippen LogP contribution in [-0.2, 0) is 0 Å². The Balaban J connectivity index is 2.00. The molecule has 0 radical (unpaired) electrons. The van der Waals surface area contributed by atoms with Crippen LogP contribution in [0, 0.1) is 12.8 Å². The molecule has 0 aliphatic carbocycles. The maximum atomic E-state index is 12.1. The van der Waals surface area contributed by atoms with Gasteiger partial charge in [-0.1, -0.05) is 0 Å². The SMILES string of the molecule is Cc1ccncc1C(=O)CC1CCNCC1. The predicted octanol–water partition coefficient (Wildman–Crippen LogP) is 1.96. The molecule has 1 saturated heterocycles. The van der Waals surface area contributed by atoms with Gasteiger partial charge in [0.15, 0.2) is 5.78 Å². The maximum absolute atomic E-state index is 12.1. The number of aromatic nitrogens is 1. The van der Waals surface area contributed by atoms with Crippen molar-refractivity contribution in [2.75, 3.05) is 13.1 Å². The van der Waals surface area contributed by atoms with Crippen LogP contribution in [0.1, 0.15) is 35.2 Å². The first-order valence-corrected chi connectivity index (χ1v) is 5.92. The Morgan fingerprint density at radius 1 is 1.50 bits per heavy atom. The monoisotopic (exact) mass is 218 g/mol. The Kier molecular flexibility index (Phi) is 3.67. The molecule has 16 heavy (non-hydrogen) atoms. The van der Waals surface area contributed by atoms with E-state index in [4.69, 9.17) is 0 Å². The number of hydrogen-bond acceptors (Lipinski definition) is 3. The third-order valence-corrected chi connectivity index (χ3v) is 3.27. The fourth-order valence-corrected chi connectivity index (χ4v) is 2.21. The van der Waals surface area contributed by atoms with E-state index in [1.807, 2.05) is 13.0 Å². The number of ketones is 1. The average Bonchev–Trinajstić information content (AvgIpc) is 2.31. The molecule has 1 aromatic heterocycles. The van der Waals surface area contributed by atoms with Gasteiger partial charge in [0.25, 0.3) is 0 Å². The highest BCUT2D eigenvalue weighted by atomic mass is 16.1. The summed E-state index contributed by atoms with van der Waals surface area (Å²) >= 11 is 0. The van der Waals surface area contributed by atoms with Crippen molar-refractivity contribution in [2.45, 2.75) is 26.2 Å². The molecule has 0 bridgehead atoms. The Hall–Kier alpha value is -1.22. The van der Waals surface area contributed by atoms with Crippen LogP contribution in [0.15, 0.2) is 18.5 Å². The van der Waals surface area contributed by atoms with Gasteiger partial charge in [0.1, 0.15) is 0 Å². The van der Waals surface area contributed by atoms with E-state index in [0.29, 0.717) is 12.3 Å². The lowest BCUT2D eigenvalue weighted by Crippen LogP contribution is -2.29. The molecule has 1 aromatic rings. The molecule has 0 saturated carbocycles. The summed E-state index contributed by atoms with van der Waals surface area (Å²) in [5.74, 6) is 0.797. The highest BCUT2D eigenvalue weighted by Crippen LogP contribution is 2.19. The van der Waals surface area contributed by atoms with Crippen LogP contribution < -0.4 is 5.32 Å². The lowest BCUT2D eigenvalue weighted by atomic mass is 9.90.